The highest BCUT2D eigenvalue weighted by atomic mass is 16.5. The second kappa shape index (κ2) is 8.50. The van der Waals surface area contributed by atoms with Gasteiger partial charge in [0.1, 0.15) is 0 Å². The van der Waals surface area contributed by atoms with Gasteiger partial charge in [-0.3, -0.25) is 19.6 Å². The largest absolute Gasteiger partial charge is 0.296 e. The molecule has 2 heterocycles. The summed E-state index contributed by atoms with van der Waals surface area (Å²) in [6, 6.07) is 8.76. The summed E-state index contributed by atoms with van der Waals surface area (Å²) < 4.78 is 1.98. The summed E-state index contributed by atoms with van der Waals surface area (Å²) in [6.07, 6.45) is 6.51. The lowest BCUT2D eigenvalue weighted by Gasteiger charge is -2.25. The smallest absolute Gasteiger partial charge is 0.267 e. The van der Waals surface area contributed by atoms with Gasteiger partial charge in [0.15, 0.2) is 0 Å². The van der Waals surface area contributed by atoms with Crippen LogP contribution in [0.25, 0.3) is 6.08 Å². The number of nitrogens with one attached hydrogen (secondary N) is 1. The van der Waals surface area contributed by atoms with Gasteiger partial charge in [-0.2, -0.15) is 5.10 Å². The van der Waals surface area contributed by atoms with Crippen LogP contribution in [0.3, 0.4) is 0 Å². The van der Waals surface area contributed by atoms with Gasteiger partial charge in [0, 0.05) is 31.4 Å². The van der Waals surface area contributed by atoms with Gasteiger partial charge in [-0.25, -0.2) is 5.48 Å². The Bertz CT molecular complexity index is 823. The van der Waals surface area contributed by atoms with E-state index in [-0.39, 0.29) is 0 Å². The Morgan fingerprint density at radius 2 is 2.07 bits per heavy atom. The number of carbonyl (C=O) groups excluding carboxylic acids is 1. The van der Waals surface area contributed by atoms with E-state index in [1.165, 1.54) is 35.7 Å². The third-order valence-corrected chi connectivity index (χ3v) is 5.50. The van der Waals surface area contributed by atoms with Crippen molar-refractivity contribution in [1.29, 1.82) is 0 Å². The quantitative estimate of drug-likeness (QED) is 0.467. The van der Waals surface area contributed by atoms with E-state index in [4.69, 9.17) is 5.21 Å². The number of nitrogens with zero attached hydrogens (tertiary/aromatic N) is 3. The molecule has 0 spiro atoms. The van der Waals surface area contributed by atoms with Crippen LogP contribution in [-0.2, 0) is 24.8 Å². The molecule has 2 N–H and O–H groups in total. The average molecular weight is 368 g/mol. The Kier molecular flexibility index (Phi) is 6.08. The van der Waals surface area contributed by atoms with E-state index < -0.39 is 5.91 Å². The lowest BCUT2D eigenvalue weighted by Crippen LogP contribution is -2.31. The van der Waals surface area contributed by atoms with Crippen LogP contribution in [0.5, 0.6) is 0 Å². The lowest BCUT2D eigenvalue weighted by molar-refractivity contribution is -0.124. The van der Waals surface area contributed by atoms with Crippen molar-refractivity contribution < 1.29 is 10.0 Å². The first-order valence-corrected chi connectivity index (χ1v) is 9.42. The Morgan fingerprint density at radius 3 is 2.70 bits per heavy atom. The summed E-state index contributed by atoms with van der Waals surface area (Å²) in [5, 5.41) is 13.1. The minimum Gasteiger partial charge on any atom is -0.296 e. The molecule has 0 bridgehead atoms. The molecule has 1 aliphatic rings. The Hall–Kier alpha value is -2.44. The van der Waals surface area contributed by atoms with E-state index in [1.807, 2.05) is 23.9 Å². The summed E-state index contributed by atoms with van der Waals surface area (Å²) in [7, 11) is 2.01. The van der Waals surface area contributed by atoms with Gasteiger partial charge in [0.25, 0.3) is 5.91 Å². The normalized spacial score (nSPS) is 17.7. The van der Waals surface area contributed by atoms with E-state index in [0.29, 0.717) is 6.04 Å². The number of aromatic nitrogens is 2. The molecule has 1 aromatic carbocycles. The van der Waals surface area contributed by atoms with Gasteiger partial charge in [0.2, 0.25) is 0 Å². The Labute approximate surface area is 160 Å². The van der Waals surface area contributed by atoms with Crippen molar-refractivity contribution in [2.75, 3.05) is 6.54 Å². The number of amides is 1. The zero-order chi connectivity index (χ0) is 19.4. The second-order valence-electron chi connectivity index (χ2n) is 7.29. The van der Waals surface area contributed by atoms with E-state index in [0.717, 1.165) is 30.8 Å². The van der Waals surface area contributed by atoms with Gasteiger partial charge in [-0.15, -0.1) is 0 Å². The topological polar surface area (TPSA) is 70.4 Å². The molecule has 27 heavy (non-hydrogen) atoms. The lowest BCUT2D eigenvalue weighted by atomic mass is 10.0. The van der Waals surface area contributed by atoms with Crippen LogP contribution in [0.4, 0.5) is 0 Å². The number of rotatable bonds is 6. The van der Waals surface area contributed by atoms with E-state index in [9.17, 15) is 4.79 Å². The first-order chi connectivity index (χ1) is 13.0. The fraction of sp³-hybridized carbons (Fsp3) is 0.429. The van der Waals surface area contributed by atoms with Crippen molar-refractivity contribution >= 4 is 12.0 Å². The maximum atomic E-state index is 11.1. The molecule has 0 saturated carbocycles. The number of benzene rings is 1. The van der Waals surface area contributed by atoms with Crippen LogP contribution in [0, 0.1) is 13.8 Å². The van der Waals surface area contributed by atoms with Crippen molar-refractivity contribution in [3.05, 3.63) is 58.4 Å². The van der Waals surface area contributed by atoms with Crippen LogP contribution in [0.1, 0.15) is 40.9 Å². The number of carbonyl (C=O) groups is 1. The average Bonchev–Trinajstić information content (AvgIpc) is 3.20. The molecule has 6 nitrogen and oxygen atoms in total. The molecule has 2 aromatic rings. The van der Waals surface area contributed by atoms with Gasteiger partial charge in [0.05, 0.1) is 5.69 Å². The Balaban J connectivity index is 1.64. The maximum Gasteiger partial charge on any atom is 0.267 e. The highest BCUT2D eigenvalue weighted by molar-refractivity contribution is 5.90. The molecule has 1 fully saturated rings. The van der Waals surface area contributed by atoms with Crippen molar-refractivity contribution in [2.45, 2.75) is 45.7 Å². The molecule has 1 atom stereocenters. The van der Waals surface area contributed by atoms with Gasteiger partial charge < -0.3 is 0 Å². The van der Waals surface area contributed by atoms with Gasteiger partial charge in [-0.1, -0.05) is 24.3 Å². The molecular weight excluding hydrogens is 340 g/mol. The van der Waals surface area contributed by atoms with Crippen molar-refractivity contribution in [3.63, 3.8) is 0 Å². The highest BCUT2D eigenvalue weighted by Crippen LogP contribution is 2.26. The molecular formula is C21H28N4O2. The predicted molar refractivity (Wildman–Crippen MR) is 105 cm³/mol. The molecule has 0 aliphatic carbocycles. The zero-order valence-electron chi connectivity index (χ0n) is 16.3. The highest BCUT2D eigenvalue weighted by Gasteiger charge is 2.26. The molecule has 3 rings (SSSR count). The summed E-state index contributed by atoms with van der Waals surface area (Å²) >= 11 is 0. The number of hydroxylamine groups is 1. The minimum atomic E-state index is -0.528. The SMILES string of the molecule is Cc1nn(C)c(C)c1C[C@H]1CCCN1Cc1ccc(/C=C/C(=O)NO)cc1. The van der Waals surface area contributed by atoms with Crippen molar-refractivity contribution in [3.8, 4) is 0 Å². The summed E-state index contributed by atoms with van der Waals surface area (Å²) in [5.41, 5.74) is 7.59. The third-order valence-electron chi connectivity index (χ3n) is 5.50. The monoisotopic (exact) mass is 368 g/mol. The maximum absolute atomic E-state index is 11.1. The van der Waals surface area contributed by atoms with Gasteiger partial charge in [-0.05, 0) is 62.4 Å². The van der Waals surface area contributed by atoms with Crippen LogP contribution >= 0.6 is 0 Å². The van der Waals surface area contributed by atoms with Crippen LogP contribution in [0.15, 0.2) is 30.3 Å². The first-order valence-electron chi connectivity index (χ1n) is 9.42. The van der Waals surface area contributed by atoms with E-state index in [2.05, 4.69) is 36.0 Å². The number of likely N-dealkylation sites (tertiary alicyclic amines) is 1. The minimum absolute atomic E-state index is 0.528. The predicted octanol–water partition coefficient (Wildman–Crippen LogP) is 2.76. The van der Waals surface area contributed by atoms with Crippen LogP contribution < -0.4 is 5.48 Å². The molecule has 1 aliphatic heterocycles. The van der Waals surface area contributed by atoms with Crippen LogP contribution in [0.2, 0.25) is 0 Å². The van der Waals surface area contributed by atoms with Crippen LogP contribution in [-0.4, -0.2) is 38.4 Å². The number of hydrogen-bond donors (Lipinski definition) is 2. The first kappa shape index (κ1) is 19.3. The van der Waals surface area contributed by atoms with Crippen molar-refractivity contribution in [2.24, 2.45) is 7.05 Å². The molecule has 6 heteroatoms. The van der Waals surface area contributed by atoms with Crippen molar-refractivity contribution in [1.82, 2.24) is 20.2 Å². The van der Waals surface area contributed by atoms with E-state index >= 15 is 0 Å². The van der Waals surface area contributed by atoms with E-state index in [1.54, 1.807) is 11.6 Å². The fourth-order valence-electron chi connectivity index (χ4n) is 3.86. The third kappa shape index (κ3) is 4.64. The number of aryl methyl sites for hydroxylation is 2. The molecule has 1 aromatic heterocycles. The van der Waals surface area contributed by atoms with Gasteiger partial charge >= 0.3 is 0 Å². The standard InChI is InChI=1S/C21H28N4O2/c1-15-20(16(2)24(3)22-15)13-19-5-4-12-25(19)14-18-8-6-17(7-9-18)10-11-21(26)23-27/h6-11,19,27H,4-5,12-14H2,1-3H3,(H,23,26)/b11-10+/t19-/m1/s1. The number of hydrogen-bond acceptors (Lipinski definition) is 4. The molecule has 1 amide bonds. The molecule has 1 saturated heterocycles. The summed E-state index contributed by atoms with van der Waals surface area (Å²) in [5.74, 6) is -0.528. The second-order valence-corrected chi connectivity index (χ2v) is 7.29. The fourth-order valence-corrected chi connectivity index (χ4v) is 3.86. The molecule has 0 radical (unpaired) electrons. The summed E-state index contributed by atoms with van der Waals surface area (Å²) in [4.78, 5) is 13.6. The summed E-state index contributed by atoms with van der Waals surface area (Å²) in [6.45, 7) is 6.31. The Morgan fingerprint density at radius 1 is 1.33 bits per heavy atom. The molecule has 144 valence electrons. The zero-order valence-corrected chi connectivity index (χ0v) is 16.3. The molecule has 0 unspecified atom stereocenters.